The first-order chi connectivity index (χ1) is 10.3. The van der Waals surface area contributed by atoms with E-state index >= 15 is 0 Å². The van der Waals surface area contributed by atoms with E-state index in [1.807, 2.05) is 11.3 Å². The van der Waals surface area contributed by atoms with E-state index in [0.29, 0.717) is 0 Å². The Hall–Kier alpha value is -0.650. The summed E-state index contributed by atoms with van der Waals surface area (Å²) < 4.78 is 5.07. The lowest BCUT2D eigenvalue weighted by atomic mass is 9.92. The zero-order chi connectivity index (χ0) is 14.7. The van der Waals surface area contributed by atoms with Gasteiger partial charge >= 0.3 is 0 Å². The first kappa shape index (κ1) is 15.3. The third-order valence-electron chi connectivity index (χ3n) is 4.89. The van der Waals surface area contributed by atoms with E-state index in [1.165, 1.54) is 54.4 Å². The standard InChI is InChI=1S/C16H27N3OS/c1-12-15(11-17-8-10-20-2)21-16(18-12)19-9-4-6-13-5-3-7-14(13)19/h13-14,17H,3-11H2,1-2H3. The lowest BCUT2D eigenvalue weighted by molar-refractivity contribution is 0.199. The second kappa shape index (κ2) is 7.07. The van der Waals surface area contributed by atoms with E-state index in [1.54, 1.807) is 7.11 Å². The fraction of sp³-hybridized carbons (Fsp3) is 0.812. The molecule has 1 N–H and O–H groups in total. The highest BCUT2D eigenvalue weighted by molar-refractivity contribution is 7.15. The van der Waals surface area contributed by atoms with Crippen molar-refractivity contribution in [2.75, 3.05) is 31.7 Å². The summed E-state index contributed by atoms with van der Waals surface area (Å²) in [6, 6.07) is 0.763. The van der Waals surface area contributed by atoms with Crippen molar-refractivity contribution in [3.05, 3.63) is 10.6 Å². The number of ether oxygens (including phenoxy) is 1. The number of methoxy groups -OCH3 is 1. The number of hydrogen-bond acceptors (Lipinski definition) is 5. The zero-order valence-electron chi connectivity index (χ0n) is 13.2. The molecule has 1 saturated carbocycles. The molecule has 0 bridgehead atoms. The first-order valence-electron chi connectivity index (χ1n) is 8.22. The average Bonchev–Trinajstić information content (AvgIpc) is 3.10. The molecule has 2 atom stereocenters. The molecule has 4 nitrogen and oxygen atoms in total. The fourth-order valence-electron chi connectivity index (χ4n) is 3.77. The van der Waals surface area contributed by atoms with Gasteiger partial charge in [-0.3, -0.25) is 0 Å². The quantitative estimate of drug-likeness (QED) is 0.820. The predicted molar refractivity (Wildman–Crippen MR) is 88.1 cm³/mol. The molecule has 1 aromatic heterocycles. The molecule has 2 unspecified atom stereocenters. The highest BCUT2D eigenvalue weighted by atomic mass is 32.1. The molecule has 2 fully saturated rings. The third kappa shape index (κ3) is 3.41. The van der Waals surface area contributed by atoms with Gasteiger partial charge in [-0.15, -0.1) is 11.3 Å². The Morgan fingerprint density at radius 3 is 3.05 bits per heavy atom. The number of piperidine rings is 1. The van der Waals surface area contributed by atoms with Crippen LogP contribution >= 0.6 is 11.3 Å². The van der Waals surface area contributed by atoms with Gasteiger partial charge in [-0.1, -0.05) is 6.42 Å². The van der Waals surface area contributed by atoms with E-state index in [9.17, 15) is 0 Å². The van der Waals surface area contributed by atoms with Gasteiger partial charge in [0.05, 0.1) is 12.3 Å². The summed E-state index contributed by atoms with van der Waals surface area (Å²) in [6.45, 7) is 5.92. The highest BCUT2D eigenvalue weighted by Gasteiger charge is 2.36. The summed E-state index contributed by atoms with van der Waals surface area (Å²) >= 11 is 1.88. The van der Waals surface area contributed by atoms with Crippen molar-refractivity contribution in [2.24, 2.45) is 5.92 Å². The van der Waals surface area contributed by atoms with Crippen molar-refractivity contribution >= 4 is 16.5 Å². The Kier molecular flexibility index (Phi) is 5.14. The molecule has 0 radical (unpaired) electrons. The van der Waals surface area contributed by atoms with Crippen LogP contribution in [0.3, 0.4) is 0 Å². The van der Waals surface area contributed by atoms with Crippen molar-refractivity contribution in [1.82, 2.24) is 10.3 Å². The van der Waals surface area contributed by atoms with Crippen LogP contribution in [-0.4, -0.2) is 37.8 Å². The summed E-state index contributed by atoms with van der Waals surface area (Å²) in [6.07, 6.45) is 6.96. The van der Waals surface area contributed by atoms with Gasteiger partial charge < -0.3 is 15.0 Å². The van der Waals surface area contributed by atoms with Gasteiger partial charge in [-0.05, 0) is 38.5 Å². The Labute approximate surface area is 131 Å². The molecule has 2 heterocycles. The van der Waals surface area contributed by atoms with Gasteiger partial charge in [0.25, 0.3) is 0 Å². The number of anilines is 1. The summed E-state index contributed by atoms with van der Waals surface area (Å²) in [4.78, 5) is 8.85. The number of nitrogens with one attached hydrogen (secondary N) is 1. The van der Waals surface area contributed by atoms with Crippen LogP contribution in [0.1, 0.15) is 42.7 Å². The van der Waals surface area contributed by atoms with Crippen LogP contribution in [-0.2, 0) is 11.3 Å². The van der Waals surface area contributed by atoms with E-state index < -0.39 is 0 Å². The monoisotopic (exact) mass is 309 g/mol. The normalized spacial score (nSPS) is 25.3. The predicted octanol–water partition coefficient (Wildman–Crippen LogP) is 2.96. The van der Waals surface area contributed by atoms with Gasteiger partial charge in [0.1, 0.15) is 0 Å². The van der Waals surface area contributed by atoms with Crippen LogP contribution in [0.15, 0.2) is 0 Å². The molecule has 21 heavy (non-hydrogen) atoms. The number of rotatable bonds is 6. The van der Waals surface area contributed by atoms with Crippen LogP contribution in [0.25, 0.3) is 0 Å². The molecule has 1 saturated heterocycles. The minimum absolute atomic E-state index is 0.763. The molecule has 1 aromatic rings. The second-order valence-corrected chi connectivity index (χ2v) is 7.33. The van der Waals surface area contributed by atoms with Crippen molar-refractivity contribution in [2.45, 2.75) is 51.6 Å². The Balaban J connectivity index is 1.65. The largest absolute Gasteiger partial charge is 0.383 e. The molecule has 5 heteroatoms. The average molecular weight is 309 g/mol. The smallest absolute Gasteiger partial charge is 0.186 e. The zero-order valence-corrected chi connectivity index (χ0v) is 14.0. The van der Waals surface area contributed by atoms with E-state index in [-0.39, 0.29) is 0 Å². The summed E-state index contributed by atoms with van der Waals surface area (Å²) in [7, 11) is 1.74. The van der Waals surface area contributed by atoms with Crippen molar-refractivity contribution in [3.8, 4) is 0 Å². The maximum atomic E-state index is 5.07. The highest BCUT2D eigenvalue weighted by Crippen LogP contribution is 2.40. The second-order valence-electron chi connectivity index (χ2n) is 6.27. The number of aromatic nitrogens is 1. The van der Waals surface area contributed by atoms with Crippen molar-refractivity contribution in [3.63, 3.8) is 0 Å². The number of aryl methyl sites for hydroxylation is 1. The number of thiazole rings is 1. The molecule has 0 aromatic carbocycles. The molecular weight excluding hydrogens is 282 g/mol. The molecule has 1 aliphatic carbocycles. The molecule has 1 aliphatic heterocycles. The lowest BCUT2D eigenvalue weighted by Crippen LogP contribution is -2.42. The molecule has 2 aliphatic rings. The topological polar surface area (TPSA) is 37.4 Å². The first-order valence-corrected chi connectivity index (χ1v) is 9.04. The van der Waals surface area contributed by atoms with Crippen LogP contribution in [0.2, 0.25) is 0 Å². The molecule has 0 spiro atoms. The molecule has 0 amide bonds. The van der Waals surface area contributed by atoms with E-state index in [0.717, 1.165) is 31.7 Å². The van der Waals surface area contributed by atoms with E-state index in [2.05, 4.69) is 17.1 Å². The minimum atomic E-state index is 0.763. The summed E-state index contributed by atoms with van der Waals surface area (Å²) in [5, 5.41) is 4.69. The third-order valence-corrected chi connectivity index (χ3v) is 6.08. The number of fused-ring (bicyclic) bond motifs is 1. The fourth-order valence-corrected chi connectivity index (χ4v) is 4.88. The van der Waals surface area contributed by atoms with Crippen molar-refractivity contribution in [1.29, 1.82) is 0 Å². The summed E-state index contributed by atoms with van der Waals surface area (Å²) in [5.41, 5.74) is 1.19. The van der Waals surface area contributed by atoms with Gasteiger partial charge in [-0.2, -0.15) is 0 Å². The number of hydrogen-bond donors (Lipinski definition) is 1. The maximum absolute atomic E-state index is 5.07. The van der Waals surface area contributed by atoms with Gasteiger partial charge in [-0.25, -0.2) is 4.98 Å². The molecular formula is C16H27N3OS. The Bertz CT molecular complexity index is 462. The summed E-state index contributed by atoms with van der Waals surface area (Å²) in [5.74, 6) is 0.922. The van der Waals surface area contributed by atoms with Crippen molar-refractivity contribution < 1.29 is 4.74 Å². The Morgan fingerprint density at radius 1 is 1.33 bits per heavy atom. The van der Waals surface area contributed by atoms with Gasteiger partial charge in [0.2, 0.25) is 0 Å². The SMILES string of the molecule is COCCNCc1sc(N2CCCC3CCCC32)nc1C. The van der Waals surface area contributed by atoms with Crippen LogP contribution in [0, 0.1) is 12.8 Å². The van der Waals surface area contributed by atoms with Gasteiger partial charge in [0.15, 0.2) is 5.13 Å². The van der Waals surface area contributed by atoms with Crippen LogP contribution < -0.4 is 10.2 Å². The molecule has 118 valence electrons. The lowest BCUT2D eigenvalue weighted by Gasteiger charge is -2.37. The van der Waals surface area contributed by atoms with Crippen LogP contribution in [0.5, 0.6) is 0 Å². The number of nitrogens with zero attached hydrogens (tertiary/aromatic N) is 2. The minimum Gasteiger partial charge on any atom is -0.383 e. The maximum Gasteiger partial charge on any atom is 0.186 e. The Morgan fingerprint density at radius 2 is 2.19 bits per heavy atom. The van der Waals surface area contributed by atoms with Crippen LogP contribution in [0.4, 0.5) is 5.13 Å². The van der Waals surface area contributed by atoms with E-state index in [4.69, 9.17) is 9.72 Å². The molecule has 3 rings (SSSR count). The van der Waals surface area contributed by atoms with Gasteiger partial charge in [0, 0.05) is 37.7 Å².